The predicted molar refractivity (Wildman–Crippen MR) is 87.8 cm³/mol. The van der Waals surface area contributed by atoms with Crippen LogP contribution in [0.3, 0.4) is 0 Å². The minimum Gasteiger partial charge on any atom is -0.492 e. The van der Waals surface area contributed by atoms with E-state index in [0.717, 1.165) is 11.4 Å². The molecule has 104 valence electrons. The van der Waals surface area contributed by atoms with E-state index in [1.54, 1.807) is 6.07 Å². The molecule has 0 saturated carbocycles. The Morgan fingerprint density at radius 1 is 1.20 bits per heavy atom. The highest BCUT2D eigenvalue weighted by Crippen LogP contribution is 2.20. The van der Waals surface area contributed by atoms with E-state index in [9.17, 15) is 0 Å². The average Bonchev–Trinajstić information content (AvgIpc) is 2.44. The largest absolute Gasteiger partial charge is 0.492 e. The van der Waals surface area contributed by atoms with Gasteiger partial charge in [-0.2, -0.15) is 0 Å². The summed E-state index contributed by atoms with van der Waals surface area (Å²) < 4.78 is 5.58. The first-order valence-corrected chi connectivity index (χ1v) is 6.96. The van der Waals surface area contributed by atoms with E-state index in [2.05, 4.69) is 5.32 Å². The average molecular weight is 307 g/mol. The van der Waals surface area contributed by atoms with Crippen molar-refractivity contribution in [2.75, 3.05) is 18.5 Å². The molecule has 2 aromatic rings. The van der Waals surface area contributed by atoms with E-state index >= 15 is 0 Å². The Kier molecular flexibility index (Phi) is 5.21. The van der Waals surface area contributed by atoms with Crippen LogP contribution in [0.4, 0.5) is 5.69 Å². The maximum atomic E-state index is 6.09. The van der Waals surface area contributed by atoms with Gasteiger partial charge in [0.05, 0.1) is 5.02 Å². The number of ether oxygens (including phenoxy) is 1. The second-order valence-corrected chi connectivity index (χ2v) is 4.99. The summed E-state index contributed by atoms with van der Waals surface area (Å²) in [5.74, 6) is 0.858. The van der Waals surface area contributed by atoms with E-state index < -0.39 is 0 Å². The van der Waals surface area contributed by atoms with Gasteiger partial charge >= 0.3 is 0 Å². The SMILES string of the molecule is NC(=S)c1ccc(NCCOc2ccccc2)cc1Cl. The molecule has 0 aromatic heterocycles. The zero-order chi connectivity index (χ0) is 14.4. The van der Waals surface area contributed by atoms with Crippen molar-refractivity contribution in [2.45, 2.75) is 0 Å². The van der Waals surface area contributed by atoms with Crippen LogP contribution in [0.25, 0.3) is 0 Å². The molecule has 0 saturated heterocycles. The van der Waals surface area contributed by atoms with Crippen LogP contribution in [0.5, 0.6) is 5.75 Å². The lowest BCUT2D eigenvalue weighted by atomic mass is 10.2. The van der Waals surface area contributed by atoms with Gasteiger partial charge in [-0.1, -0.05) is 42.0 Å². The van der Waals surface area contributed by atoms with Gasteiger partial charge in [-0.3, -0.25) is 0 Å². The van der Waals surface area contributed by atoms with Crippen molar-refractivity contribution in [3.05, 3.63) is 59.1 Å². The highest BCUT2D eigenvalue weighted by atomic mass is 35.5. The number of benzene rings is 2. The van der Waals surface area contributed by atoms with E-state index in [4.69, 9.17) is 34.3 Å². The van der Waals surface area contributed by atoms with E-state index in [-0.39, 0.29) is 0 Å². The van der Waals surface area contributed by atoms with Crippen molar-refractivity contribution >= 4 is 34.5 Å². The van der Waals surface area contributed by atoms with Gasteiger partial charge in [0.2, 0.25) is 0 Å². The summed E-state index contributed by atoms with van der Waals surface area (Å²) in [5.41, 5.74) is 7.15. The second-order valence-electron chi connectivity index (χ2n) is 4.15. The number of hydrogen-bond acceptors (Lipinski definition) is 3. The van der Waals surface area contributed by atoms with Crippen LogP contribution in [0, 0.1) is 0 Å². The molecule has 20 heavy (non-hydrogen) atoms. The third-order valence-corrected chi connectivity index (χ3v) is 3.21. The molecule has 2 rings (SSSR count). The van der Waals surface area contributed by atoms with Crippen LogP contribution in [-0.2, 0) is 0 Å². The summed E-state index contributed by atoms with van der Waals surface area (Å²) in [4.78, 5) is 0.300. The van der Waals surface area contributed by atoms with Gasteiger partial charge in [0.25, 0.3) is 0 Å². The summed E-state index contributed by atoms with van der Waals surface area (Å²) in [7, 11) is 0. The molecule has 0 heterocycles. The van der Waals surface area contributed by atoms with Crippen molar-refractivity contribution < 1.29 is 4.74 Å². The number of hydrogen-bond donors (Lipinski definition) is 2. The molecule has 3 nitrogen and oxygen atoms in total. The molecule has 0 aliphatic carbocycles. The van der Waals surface area contributed by atoms with Crippen LogP contribution in [-0.4, -0.2) is 18.1 Å². The molecule has 3 N–H and O–H groups in total. The third-order valence-electron chi connectivity index (χ3n) is 2.68. The van der Waals surface area contributed by atoms with Gasteiger partial charge in [0.15, 0.2) is 0 Å². The van der Waals surface area contributed by atoms with Gasteiger partial charge in [0, 0.05) is 17.8 Å². The highest BCUT2D eigenvalue weighted by molar-refractivity contribution is 7.80. The fraction of sp³-hybridized carbons (Fsp3) is 0.133. The standard InChI is InChI=1S/C15H15ClN2OS/c16-14-10-11(6-7-13(14)15(17)20)18-8-9-19-12-4-2-1-3-5-12/h1-7,10,18H,8-9H2,(H2,17,20). The number of nitrogens with one attached hydrogen (secondary N) is 1. The van der Waals surface area contributed by atoms with Crippen LogP contribution in [0.2, 0.25) is 5.02 Å². The van der Waals surface area contributed by atoms with Crippen molar-refractivity contribution in [3.8, 4) is 5.75 Å². The molecule has 0 aliphatic rings. The lowest BCUT2D eigenvalue weighted by Crippen LogP contribution is -2.13. The van der Waals surface area contributed by atoms with E-state index in [0.29, 0.717) is 28.7 Å². The van der Waals surface area contributed by atoms with Crippen molar-refractivity contribution in [1.82, 2.24) is 0 Å². The third kappa shape index (κ3) is 4.11. The minimum absolute atomic E-state index is 0.300. The first-order chi connectivity index (χ1) is 9.66. The topological polar surface area (TPSA) is 47.3 Å². The Labute approximate surface area is 128 Å². The normalized spacial score (nSPS) is 10.1. The molecule has 0 spiro atoms. The smallest absolute Gasteiger partial charge is 0.119 e. The Morgan fingerprint density at radius 3 is 2.60 bits per heavy atom. The molecule has 0 amide bonds. The molecular formula is C15H15ClN2OS. The summed E-state index contributed by atoms with van der Waals surface area (Å²) >= 11 is 11.0. The summed E-state index contributed by atoms with van der Waals surface area (Å²) in [5, 5.41) is 3.78. The lowest BCUT2D eigenvalue weighted by molar-refractivity contribution is 0.333. The minimum atomic E-state index is 0.300. The van der Waals surface area contributed by atoms with Gasteiger partial charge in [-0.15, -0.1) is 0 Å². The quantitative estimate of drug-likeness (QED) is 0.634. The Bertz CT molecular complexity index is 590. The number of rotatable bonds is 6. The maximum Gasteiger partial charge on any atom is 0.119 e. The number of halogens is 1. The van der Waals surface area contributed by atoms with Gasteiger partial charge in [-0.25, -0.2) is 0 Å². The molecule has 0 radical (unpaired) electrons. The highest BCUT2D eigenvalue weighted by Gasteiger charge is 2.04. The Morgan fingerprint density at radius 2 is 1.95 bits per heavy atom. The van der Waals surface area contributed by atoms with Gasteiger partial charge < -0.3 is 15.8 Å². The molecular weight excluding hydrogens is 292 g/mol. The molecule has 0 aliphatic heterocycles. The van der Waals surface area contributed by atoms with E-state index in [1.807, 2.05) is 42.5 Å². The molecule has 5 heteroatoms. The lowest BCUT2D eigenvalue weighted by Gasteiger charge is -2.10. The predicted octanol–water partition coefficient (Wildman–Crippen LogP) is 3.47. The fourth-order valence-corrected chi connectivity index (χ4v) is 2.22. The van der Waals surface area contributed by atoms with E-state index in [1.165, 1.54) is 0 Å². The number of para-hydroxylation sites is 1. The Balaban J connectivity index is 1.83. The summed E-state index contributed by atoms with van der Waals surface area (Å²) in [6.45, 7) is 1.25. The number of thiocarbonyl (C=S) groups is 1. The molecule has 0 unspecified atom stereocenters. The first-order valence-electron chi connectivity index (χ1n) is 6.18. The first kappa shape index (κ1) is 14.6. The summed E-state index contributed by atoms with van der Waals surface area (Å²) in [6.07, 6.45) is 0. The maximum absolute atomic E-state index is 6.09. The number of anilines is 1. The van der Waals surface area contributed by atoms with Crippen LogP contribution >= 0.6 is 23.8 Å². The van der Waals surface area contributed by atoms with Crippen molar-refractivity contribution in [1.29, 1.82) is 0 Å². The van der Waals surface area contributed by atoms with Crippen molar-refractivity contribution in [3.63, 3.8) is 0 Å². The van der Waals surface area contributed by atoms with Crippen LogP contribution in [0.15, 0.2) is 48.5 Å². The molecule has 2 aromatic carbocycles. The zero-order valence-electron chi connectivity index (χ0n) is 10.8. The fourth-order valence-electron chi connectivity index (χ4n) is 1.71. The second kappa shape index (κ2) is 7.12. The van der Waals surface area contributed by atoms with Crippen molar-refractivity contribution in [2.24, 2.45) is 5.73 Å². The zero-order valence-corrected chi connectivity index (χ0v) is 12.4. The number of nitrogens with two attached hydrogens (primary N) is 1. The summed E-state index contributed by atoms with van der Waals surface area (Å²) in [6, 6.07) is 15.2. The van der Waals surface area contributed by atoms with Crippen LogP contribution in [0.1, 0.15) is 5.56 Å². The Hall–Kier alpha value is -1.78. The van der Waals surface area contributed by atoms with Crippen LogP contribution < -0.4 is 15.8 Å². The molecule has 0 atom stereocenters. The molecule has 0 bridgehead atoms. The van der Waals surface area contributed by atoms with Gasteiger partial charge in [-0.05, 0) is 30.3 Å². The van der Waals surface area contributed by atoms with Gasteiger partial charge in [0.1, 0.15) is 17.3 Å². The monoisotopic (exact) mass is 306 g/mol. The molecule has 0 fully saturated rings.